The van der Waals surface area contributed by atoms with E-state index in [2.05, 4.69) is 19.9 Å². The van der Waals surface area contributed by atoms with Crippen molar-refractivity contribution in [3.63, 3.8) is 0 Å². The number of rotatable bonds is 0. The Kier molecular flexibility index (Phi) is 2.68. The molecule has 0 aromatic carbocycles. The fourth-order valence-corrected chi connectivity index (χ4v) is 5.64. The maximum Gasteiger partial charge on any atom is 0.155 e. The van der Waals surface area contributed by atoms with Crippen molar-refractivity contribution in [3.8, 4) is 0 Å². The molecule has 2 saturated carbocycles. The van der Waals surface area contributed by atoms with Crippen LogP contribution in [0.5, 0.6) is 0 Å². The fraction of sp³-hybridized carbons (Fsp3) is 0.684. The number of carbonyl (C=O) groups excluding carboxylic acids is 2. The first kappa shape index (κ1) is 13.5. The van der Waals surface area contributed by atoms with Crippen LogP contribution in [0.1, 0.15) is 58.8 Å². The van der Waals surface area contributed by atoms with Gasteiger partial charge in [0.2, 0.25) is 0 Å². The molecule has 2 fully saturated rings. The van der Waals surface area contributed by atoms with Crippen LogP contribution in [-0.4, -0.2) is 11.6 Å². The van der Waals surface area contributed by atoms with Gasteiger partial charge in [0.1, 0.15) is 5.78 Å². The summed E-state index contributed by atoms with van der Waals surface area (Å²) in [4.78, 5) is 24.1. The van der Waals surface area contributed by atoms with Gasteiger partial charge in [0.05, 0.1) is 0 Å². The van der Waals surface area contributed by atoms with Gasteiger partial charge in [0.15, 0.2) is 5.78 Å². The average molecular weight is 284 g/mol. The summed E-state index contributed by atoms with van der Waals surface area (Å²) in [6.07, 6.45) is 10.9. The summed E-state index contributed by atoms with van der Waals surface area (Å²) in [6.45, 7) is 4.53. The van der Waals surface area contributed by atoms with Crippen LogP contribution >= 0.6 is 0 Å². The van der Waals surface area contributed by atoms with Crippen LogP contribution in [0.15, 0.2) is 23.3 Å². The summed E-state index contributed by atoms with van der Waals surface area (Å²) < 4.78 is 0. The third-order valence-corrected chi connectivity index (χ3v) is 7.05. The van der Waals surface area contributed by atoms with Gasteiger partial charge < -0.3 is 0 Å². The maximum absolute atomic E-state index is 12.3. The largest absolute Gasteiger partial charge is 0.299 e. The Bertz CT molecular complexity index is 597. The molecular formula is C19H24O2. The van der Waals surface area contributed by atoms with E-state index < -0.39 is 0 Å². The molecule has 0 amide bonds. The molecule has 2 heteroatoms. The quantitative estimate of drug-likeness (QED) is 0.630. The zero-order valence-corrected chi connectivity index (χ0v) is 13.1. The maximum atomic E-state index is 12.3. The second-order valence-corrected chi connectivity index (χ2v) is 7.96. The van der Waals surface area contributed by atoms with E-state index in [-0.39, 0.29) is 10.8 Å². The number of fused-ring (bicyclic) bond motifs is 5. The lowest BCUT2D eigenvalue weighted by atomic mass is 9.52. The number of ketones is 2. The van der Waals surface area contributed by atoms with E-state index >= 15 is 0 Å². The number of allylic oxidation sites excluding steroid dienone is 4. The molecule has 4 atom stereocenters. The molecule has 0 N–H and O–H groups in total. The monoisotopic (exact) mass is 284 g/mol. The summed E-state index contributed by atoms with van der Waals surface area (Å²) in [5.41, 5.74) is 2.92. The SMILES string of the molecule is C[C@@]12CCC(=O)C=C1CC[C@@H]1C2=CC[C@]2(C)C(=O)CC[C@@H]12. The number of hydrogen-bond acceptors (Lipinski definition) is 2. The third-order valence-electron chi connectivity index (χ3n) is 7.05. The Morgan fingerprint density at radius 1 is 1.10 bits per heavy atom. The Morgan fingerprint density at radius 2 is 1.90 bits per heavy atom. The van der Waals surface area contributed by atoms with Gasteiger partial charge in [-0.05, 0) is 50.0 Å². The minimum atomic E-state index is -0.101. The highest BCUT2D eigenvalue weighted by molar-refractivity contribution is 5.92. The average Bonchev–Trinajstić information content (AvgIpc) is 2.76. The Balaban J connectivity index is 1.78. The van der Waals surface area contributed by atoms with Crippen molar-refractivity contribution in [2.75, 3.05) is 0 Å². The molecule has 0 bridgehead atoms. The van der Waals surface area contributed by atoms with Gasteiger partial charge in [0, 0.05) is 23.7 Å². The smallest absolute Gasteiger partial charge is 0.155 e. The van der Waals surface area contributed by atoms with Crippen LogP contribution in [0.3, 0.4) is 0 Å². The molecule has 4 aliphatic carbocycles. The molecule has 0 aromatic rings. The van der Waals surface area contributed by atoms with Crippen molar-refractivity contribution in [1.29, 1.82) is 0 Å². The zero-order chi connectivity index (χ0) is 14.8. The molecule has 0 aliphatic heterocycles. The second kappa shape index (κ2) is 4.18. The standard InChI is InChI=1S/C19H24O2/c1-18-9-7-13(20)11-12(18)3-4-14-15-5-6-17(21)19(15,2)10-8-16(14)18/h8,11,14-15H,3-7,9-10H2,1-2H3/t14-,15-,18+,19-/m0/s1. The van der Waals surface area contributed by atoms with Gasteiger partial charge in [0.25, 0.3) is 0 Å². The molecule has 0 radical (unpaired) electrons. The summed E-state index contributed by atoms with van der Waals surface area (Å²) >= 11 is 0. The van der Waals surface area contributed by atoms with E-state index in [0.717, 1.165) is 38.5 Å². The summed E-state index contributed by atoms with van der Waals surface area (Å²) in [5.74, 6) is 1.90. The van der Waals surface area contributed by atoms with E-state index in [9.17, 15) is 9.59 Å². The highest BCUT2D eigenvalue weighted by Gasteiger charge is 2.55. The summed E-state index contributed by atoms with van der Waals surface area (Å²) in [5, 5.41) is 0. The molecule has 0 spiro atoms. The van der Waals surface area contributed by atoms with E-state index in [4.69, 9.17) is 0 Å². The molecule has 0 heterocycles. The topological polar surface area (TPSA) is 34.1 Å². The molecular weight excluding hydrogens is 260 g/mol. The Morgan fingerprint density at radius 3 is 2.71 bits per heavy atom. The van der Waals surface area contributed by atoms with Gasteiger partial charge in [-0.25, -0.2) is 0 Å². The van der Waals surface area contributed by atoms with Crippen LogP contribution in [0.4, 0.5) is 0 Å². The second-order valence-electron chi connectivity index (χ2n) is 7.96. The van der Waals surface area contributed by atoms with E-state index in [1.54, 1.807) is 5.57 Å². The van der Waals surface area contributed by atoms with Crippen molar-refractivity contribution in [2.24, 2.45) is 22.7 Å². The van der Waals surface area contributed by atoms with Gasteiger partial charge in [-0.15, -0.1) is 0 Å². The van der Waals surface area contributed by atoms with Gasteiger partial charge in [-0.1, -0.05) is 31.1 Å². The van der Waals surface area contributed by atoms with Crippen molar-refractivity contribution >= 4 is 11.6 Å². The molecule has 4 aliphatic rings. The summed E-state index contributed by atoms with van der Waals surface area (Å²) in [6, 6.07) is 0. The predicted molar refractivity (Wildman–Crippen MR) is 81.7 cm³/mol. The number of hydrogen-bond donors (Lipinski definition) is 0. The highest BCUT2D eigenvalue weighted by Crippen LogP contribution is 2.62. The lowest BCUT2D eigenvalue weighted by Gasteiger charge is -2.52. The van der Waals surface area contributed by atoms with Crippen molar-refractivity contribution in [3.05, 3.63) is 23.3 Å². The van der Waals surface area contributed by atoms with Crippen LogP contribution in [0.25, 0.3) is 0 Å². The molecule has 0 aromatic heterocycles. The van der Waals surface area contributed by atoms with Crippen molar-refractivity contribution in [1.82, 2.24) is 0 Å². The lowest BCUT2D eigenvalue weighted by molar-refractivity contribution is -0.127. The van der Waals surface area contributed by atoms with E-state index in [1.165, 1.54) is 5.57 Å². The third kappa shape index (κ3) is 1.65. The lowest BCUT2D eigenvalue weighted by Crippen LogP contribution is -2.44. The summed E-state index contributed by atoms with van der Waals surface area (Å²) in [7, 11) is 0. The Hall–Kier alpha value is -1.18. The fourth-order valence-electron chi connectivity index (χ4n) is 5.64. The minimum absolute atomic E-state index is 0.101. The van der Waals surface area contributed by atoms with Crippen molar-refractivity contribution in [2.45, 2.75) is 58.8 Å². The Labute approximate surface area is 126 Å². The predicted octanol–water partition coefficient (Wildman–Crippen LogP) is 4.01. The minimum Gasteiger partial charge on any atom is -0.299 e. The van der Waals surface area contributed by atoms with Gasteiger partial charge in [-0.3, -0.25) is 9.59 Å². The van der Waals surface area contributed by atoms with Crippen LogP contribution in [0, 0.1) is 22.7 Å². The first-order valence-electron chi connectivity index (χ1n) is 8.43. The van der Waals surface area contributed by atoms with Crippen LogP contribution < -0.4 is 0 Å². The van der Waals surface area contributed by atoms with E-state index in [1.807, 2.05) is 6.08 Å². The molecule has 0 saturated heterocycles. The molecule has 0 unspecified atom stereocenters. The molecule has 2 nitrogen and oxygen atoms in total. The van der Waals surface area contributed by atoms with Crippen LogP contribution in [-0.2, 0) is 9.59 Å². The van der Waals surface area contributed by atoms with Gasteiger partial charge >= 0.3 is 0 Å². The molecule has 112 valence electrons. The molecule has 4 rings (SSSR count). The number of carbonyl (C=O) groups is 2. The molecule has 21 heavy (non-hydrogen) atoms. The first-order valence-corrected chi connectivity index (χ1v) is 8.43. The van der Waals surface area contributed by atoms with Crippen molar-refractivity contribution < 1.29 is 9.59 Å². The zero-order valence-electron chi connectivity index (χ0n) is 13.1. The van der Waals surface area contributed by atoms with Gasteiger partial charge in [-0.2, -0.15) is 0 Å². The van der Waals surface area contributed by atoms with Crippen LogP contribution in [0.2, 0.25) is 0 Å². The number of Topliss-reactive ketones (excluding diaryl/α,β-unsaturated/α-hetero) is 1. The van der Waals surface area contributed by atoms with E-state index in [0.29, 0.717) is 29.8 Å². The first-order chi connectivity index (χ1) is 9.95. The highest BCUT2D eigenvalue weighted by atomic mass is 16.1. The normalized spacial score (nSPS) is 45.4.